The summed E-state index contributed by atoms with van der Waals surface area (Å²) in [4.78, 5) is 13.5. The number of fused-ring (bicyclic) bond motifs is 1. The Morgan fingerprint density at radius 1 is 0.846 bits per heavy atom. The van der Waals surface area contributed by atoms with Gasteiger partial charge in [-0.25, -0.2) is 0 Å². The van der Waals surface area contributed by atoms with Gasteiger partial charge in [0.1, 0.15) is 11.5 Å². The summed E-state index contributed by atoms with van der Waals surface area (Å²) in [7, 11) is 0. The van der Waals surface area contributed by atoms with E-state index in [4.69, 9.17) is 4.74 Å². The first kappa shape index (κ1) is 26.3. The smallest absolute Gasteiger partial charge is 0.225 e. The molecular weight excluding hydrogens is 480 g/mol. The molecule has 5 aromatic rings. The minimum absolute atomic E-state index is 0.0123. The molecule has 1 heterocycles. The zero-order chi connectivity index (χ0) is 27.4. The summed E-state index contributed by atoms with van der Waals surface area (Å²) in [5, 5.41) is 4.35. The molecule has 0 fully saturated rings. The molecule has 0 aliphatic heterocycles. The molecule has 198 valence electrons. The number of nitrogens with zero attached hydrogens (tertiary/aromatic N) is 1. The topological polar surface area (TPSA) is 43.3 Å². The van der Waals surface area contributed by atoms with Crippen LogP contribution in [0.3, 0.4) is 0 Å². The lowest BCUT2D eigenvalue weighted by Crippen LogP contribution is -2.16. The van der Waals surface area contributed by atoms with E-state index in [1.807, 2.05) is 60.7 Å². The second-order valence-electron chi connectivity index (χ2n) is 10.1. The number of ether oxygens (including phenoxy) is 1. The third-order valence-corrected chi connectivity index (χ3v) is 7.53. The number of aromatic nitrogens is 1. The van der Waals surface area contributed by atoms with Gasteiger partial charge in [0.2, 0.25) is 5.91 Å². The van der Waals surface area contributed by atoms with E-state index in [-0.39, 0.29) is 11.8 Å². The molecule has 0 radical (unpaired) electrons. The van der Waals surface area contributed by atoms with Crippen molar-refractivity contribution in [2.24, 2.45) is 0 Å². The molecule has 1 aromatic heterocycles. The van der Waals surface area contributed by atoms with Crippen molar-refractivity contribution in [3.63, 3.8) is 0 Å². The van der Waals surface area contributed by atoms with Gasteiger partial charge in [-0.3, -0.25) is 4.79 Å². The molecule has 0 aliphatic carbocycles. The van der Waals surface area contributed by atoms with Crippen LogP contribution in [-0.4, -0.2) is 10.5 Å². The van der Waals surface area contributed by atoms with E-state index in [0.717, 1.165) is 46.8 Å². The van der Waals surface area contributed by atoms with Crippen LogP contribution in [0, 0.1) is 13.8 Å². The van der Waals surface area contributed by atoms with E-state index in [0.29, 0.717) is 6.42 Å². The molecule has 4 nitrogen and oxygen atoms in total. The Morgan fingerprint density at radius 3 is 2.36 bits per heavy atom. The molecule has 1 atom stereocenters. The fourth-order valence-corrected chi connectivity index (χ4v) is 5.32. The number of hydrogen-bond acceptors (Lipinski definition) is 2. The molecule has 4 aromatic carbocycles. The van der Waals surface area contributed by atoms with Crippen LogP contribution in [-0.2, 0) is 17.8 Å². The molecule has 0 bridgehead atoms. The monoisotopic (exact) mass is 516 g/mol. The molecule has 1 amide bonds. The number of carbonyl (C=O) groups excluding carboxylic acids is 1. The SMILES string of the molecule is CCc1cccc2c(C(CC(=O)Nc3ccc(C)c(C)c3)c3cccc(Oc4ccccc4)c3)cn(CC)c12. The van der Waals surface area contributed by atoms with Crippen LogP contribution >= 0.6 is 0 Å². The van der Waals surface area contributed by atoms with E-state index in [2.05, 4.69) is 74.1 Å². The standard InChI is InChI=1S/C35H36N2O2/c1-5-26-12-11-17-31-33(23-37(6-2)35(26)31)32(22-34(38)36-28-19-18-24(3)25(4)20-28)27-13-10-16-30(21-27)39-29-14-8-7-9-15-29/h7-21,23,32H,5-6,22H2,1-4H3,(H,36,38). The van der Waals surface area contributed by atoms with Gasteiger partial charge in [0.15, 0.2) is 0 Å². The van der Waals surface area contributed by atoms with Crippen LogP contribution in [0.4, 0.5) is 5.69 Å². The summed E-state index contributed by atoms with van der Waals surface area (Å²) in [6.45, 7) is 9.38. The zero-order valence-electron chi connectivity index (χ0n) is 23.2. The Bertz CT molecular complexity index is 1600. The van der Waals surface area contributed by atoms with E-state index in [1.54, 1.807) is 0 Å². The fourth-order valence-electron chi connectivity index (χ4n) is 5.32. The highest BCUT2D eigenvalue weighted by molar-refractivity contribution is 5.93. The van der Waals surface area contributed by atoms with Crippen molar-refractivity contribution in [1.29, 1.82) is 0 Å². The van der Waals surface area contributed by atoms with Crippen LogP contribution in [0.2, 0.25) is 0 Å². The Morgan fingerprint density at radius 2 is 1.62 bits per heavy atom. The third kappa shape index (κ3) is 5.75. The molecule has 4 heteroatoms. The van der Waals surface area contributed by atoms with Gasteiger partial charge in [-0.1, -0.05) is 61.5 Å². The minimum Gasteiger partial charge on any atom is -0.457 e. The first-order valence-corrected chi connectivity index (χ1v) is 13.8. The van der Waals surface area contributed by atoms with Crippen LogP contribution in [0.1, 0.15) is 54.0 Å². The number of amides is 1. The van der Waals surface area contributed by atoms with Gasteiger partial charge < -0.3 is 14.6 Å². The Kier molecular flexibility index (Phi) is 7.83. The van der Waals surface area contributed by atoms with Gasteiger partial charge in [0.25, 0.3) is 0 Å². The number of hydrogen-bond donors (Lipinski definition) is 1. The largest absolute Gasteiger partial charge is 0.457 e. The van der Waals surface area contributed by atoms with Crippen molar-refractivity contribution in [2.45, 2.75) is 53.0 Å². The van der Waals surface area contributed by atoms with Crippen molar-refractivity contribution >= 4 is 22.5 Å². The van der Waals surface area contributed by atoms with Crippen LogP contribution in [0.25, 0.3) is 10.9 Å². The number of para-hydroxylation sites is 2. The molecule has 0 saturated carbocycles. The quantitative estimate of drug-likeness (QED) is 0.213. The van der Waals surface area contributed by atoms with Gasteiger partial charge in [0, 0.05) is 36.2 Å². The molecular formula is C35H36N2O2. The summed E-state index contributed by atoms with van der Waals surface area (Å²) >= 11 is 0. The van der Waals surface area contributed by atoms with Crippen molar-refractivity contribution in [1.82, 2.24) is 4.57 Å². The summed E-state index contributed by atoms with van der Waals surface area (Å²) in [5.74, 6) is 1.39. The average molecular weight is 517 g/mol. The lowest BCUT2D eigenvalue weighted by Gasteiger charge is -2.19. The third-order valence-electron chi connectivity index (χ3n) is 7.53. The second kappa shape index (κ2) is 11.6. The van der Waals surface area contributed by atoms with Crippen LogP contribution in [0.15, 0.2) is 97.2 Å². The summed E-state index contributed by atoms with van der Waals surface area (Å²) in [5.41, 5.74) is 7.99. The molecule has 1 unspecified atom stereocenters. The Balaban J connectivity index is 1.56. The van der Waals surface area contributed by atoms with E-state index in [1.165, 1.54) is 22.0 Å². The number of rotatable bonds is 9. The van der Waals surface area contributed by atoms with E-state index < -0.39 is 0 Å². The van der Waals surface area contributed by atoms with Gasteiger partial charge in [-0.15, -0.1) is 0 Å². The van der Waals surface area contributed by atoms with Gasteiger partial charge >= 0.3 is 0 Å². The number of carbonyl (C=O) groups is 1. The first-order valence-electron chi connectivity index (χ1n) is 13.8. The van der Waals surface area contributed by atoms with E-state index in [9.17, 15) is 4.79 Å². The Labute approximate surface area is 231 Å². The van der Waals surface area contributed by atoms with Crippen molar-refractivity contribution in [3.8, 4) is 11.5 Å². The molecule has 0 aliphatic rings. The number of aryl methyl sites for hydroxylation is 4. The van der Waals surface area contributed by atoms with Crippen molar-refractivity contribution < 1.29 is 9.53 Å². The molecule has 39 heavy (non-hydrogen) atoms. The van der Waals surface area contributed by atoms with Gasteiger partial charge in [0.05, 0.1) is 5.52 Å². The number of nitrogens with one attached hydrogen (secondary N) is 1. The number of benzene rings is 4. The maximum Gasteiger partial charge on any atom is 0.225 e. The number of anilines is 1. The highest BCUT2D eigenvalue weighted by Gasteiger charge is 2.24. The predicted octanol–water partition coefficient (Wildman–Crippen LogP) is 8.79. The maximum atomic E-state index is 13.5. The molecule has 5 rings (SSSR count). The van der Waals surface area contributed by atoms with E-state index >= 15 is 0 Å². The normalized spacial score (nSPS) is 11.9. The predicted molar refractivity (Wildman–Crippen MR) is 161 cm³/mol. The minimum atomic E-state index is -0.140. The lowest BCUT2D eigenvalue weighted by molar-refractivity contribution is -0.116. The summed E-state index contributed by atoms with van der Waals surface area (Å²) in [6, 6.07) is 30.5. The molecule has 1 N–H and O–H groups in total. The summed E-state index contributed by atoms with van der Waals surface area (Å²) < 4.78 is 8.50. The average Bonchev–Trinajstić information content (AvgIpc) is 3.33. The first-order chi connectivity index (χ1) is 19.0. The lowest BCUT2D eigenvalue weighted by atomic mass is 9.87. The highest BCUT2D eigenvalue weighted by Crippen LogP contribution is 2.38. The fraction of sp³-hybridized carbons (Fsp3) is 0.229. The van der Waals surface area contributed by atoms with Crippen LogP contribution in [0.5, 0.6) is 11.5 Å². The molecule has 0 spiro atoms. The molecule has 0 saturated heterocycles. The van der Waals surface area contributed by atoms with Crippen LogP contribution < -0.4 is 10.1 Å². The Hall–Kier alpha value is -4.31. The maximum absolute atomic E-state index is 13.5. The summed E-state index contributed by atoms with van der Waals surface area (Å²) in [6.07, 6.45) is 3.52. The van der Waals surface area contributed by atoms with Crippen molar-refractivity contribution in [2.75, 3.05) is 5.32 Å². The second-order valence-corrected chi connectivity index (χ2v) is 10.1. The highest BCUT2D eigenvalue weighted by atomic mass is 16.5. The van der Waals surface area contributed by atoms with Gasteiger partial charge in [-0.2, -0.15) is 0 Å². The van der Waals surface area contributed by atoms with Gasteiger partial charge in [-0.05, 0) is 91.4 Å². The van der Waals surface area contributed by atoms with Crippen molar-refractivity contribution in [3.05, 3.63) is 125 Å². The zero-order valence-corrected chi connectivity index (χ0v) is 23.2.